The number of benzene rings is 2. The molecule has 4 rings (SSSR count). The van der Waals surface area contributed by atoms with Gasteiger partial charge in [-0.1, -0.05) is 53.7 Å². The maximum Gasteiger partial charge on any atom is 0.232 e. The largest absolute Gasteiger partial charge is 0.383 e. The molecule has 170 valence electrons. The van der Waals surface area contributed by atoms with E-state index >= 15 is 0 Å². The Morgan fingerprint density at radius 1 is 1.03 bits per heavy atom. The van der Waals surface area contributed by atoms with E-state index in [1.54, 1.807) is 7.11 Å². The third-order valence-corrected chi connectivity index (χ3v) is 5.90. The lowest BCUT2D eigenvalue weighted by Gasteiger charge is -2.11. The molecule has 0 spiro atoms. The molecule has 0 fully saturated rings. The number of hydrogen-bond donors (Lipinski definition) is 2. The van der Waals surface area contributed by atoms with Crippen molar-refractivity contribution in [1.29, 1.82) is 0 Å². The highest BCUT2D eigenvalue weighted by Crippen LogP contribution is 2.27. The topological polar surface area (TPSA) is 117 Å². The summed E-state index contributed by atoms with van der Waals surface area (Å²) in [4.78, 5) is 13.1. The lowest BCUT2D eigenvalue weighted by molar-refractivity contribution is 0.185. The molecule has 0 aliphatic heterocycles. The first kappa shape index (κ1) is 22.7. The Labute approximate surface area is 196 Å². The predicted molar refractivity (Wildman–Crippen MR) is 130 cm³/mol. The second-order valence-electron chi connectivity index (χ2n) is 7.48. The lowest BCUT2D eigenvalue weighted by atomic mass is 10.1. The zero-order chi connectivity index (χ0) is 23.2. The number of aromatic nitrogens is 6. The van der Waals surface area contributed by atoms with Gasteiger partial charge in [0, 0.05) is 18.4 Å². The van der Waals surface area contributed by atoms with E-state index < -0.39 is 0 Å². The quantitative estimate of drug-likeness (QED) is 0.356. The van der Waals surface area contributed by atoms with Gasteiger partial charge in [0.15, 0.2) is 11.0 Å². The fourth-order valence-electron chi connectivity index (χ4n) is 3.30. The molecule has 33 heavy (non-hydrogen) atoms. The maximum atomic E-state index is 5.95. The predicted octanol–water partition coefficient (Wildman–Crippen LogP) is 4.01. The summed E-state index contributed by atoms with van der Waals surface area (Å²) in [5.41, 5.74) is 10.1. The minimum atomic E-state index is 0.165. The highest BCUT2D eigenvalue weighted by Gasteiger charge is 2.16. The highest BCUT2D eigenvalue weighted by molar-refractivity contribution is 7.98. The summed E-state index contributed by atoms with van der Waals surface area (Å²) in [5, 5.41) is 12.8. The van der Waals surface area contributed by atoms with E-state index in [0.717, 1.165) is 33.4 Å². The van der Waals surface area contributed by atoms with Crippen LogP contribution in [0.15, 0.2) is 53.7 Å². The number of thioether (sulfide) groups is 1. The van der Waals surface area contributed by atoms with Gasteiger partial charge in [0.05, 0.1) is 18.9 Å². The minimum Gasteiger partial charge on any atom is -0.383 e. The Hall–Kier alpha value is -3.50. The molecule has 10 heteroatoms. The van der Waals surface area contributed by atoms with Crippen molar-refractivity contribution >= 4 is 29.3 Å². The Bertz CT molecular complexity index is 1240. The van der Waals surface area contributed by atoms with Crippen LogP contribution in [-0.2, 0) is 17.0 Å². The number of methoxy groups -OCH3 is 1. The second kappa shape index (κ2) is 10.4. The van der Waals surface area contributed by atoms with E-state index in [9.17, 15) is 0 Å². The van der Waals surface area contributed by atoms with Gasteiger partial charge >= 0.3 is 0 Å². The molecular formula is C23H26N8OS. The number of rotatable bonds is 9. The van der Waals surface area contributed by atoms with E-state index in [1.807, 2.05) is 43.3 Å². The first-order valence-electron chi connectivity index (χ1n) is 10.5. The van der Waals surface area contributed by atoms with Crippen LogP contribution < -0.4 is 11.1 Å². The summed E-state index contributed by atoms with van der Waals surface area (Å²) in [6.45, 7) is 5.26. The first-order valence-corrected chi connectivity index (χ1v) is 11.5. The van der Waals surface area contributed by atoms with Crippen LogP contribution in [0.3, 0.4) is 0 Å². The fourth-order valence-corrected chi connectivity index (χ4v) is 4.12. The van der Waals surface area contributed by atoms with Crippen molar-refractivity contribution < 1.29 is 4.74 Å². The molecule has 2 aromatic heterocycles. The molecule has 0 atom stereocenters. The number of para-hydroxylation sites is 1. The molecule has 0 saturated carbocycles. The molecule has 0 bridgehead atoms. The highest BCUT2D eigenvalue weighted by atomic mass is 32.2. The number of nitrogen functional groups attached to an aromatic ring is 1. The molecule has 0 amide bonds. The van der Waals surface area contributed by atoms with Gasteiger partial charge in [0.2, 0.25) is 11.9 Å². The van der Waals surface area contributed by atoms with E-state index in [2.05, 4.69) is 54.1 Å². The summed E-state index contributed by atoms with van der Waals surface area (Å²) in [5.74, 6) is 2.40. The van der Waals surface area contributed by atoms with Crippen molar-refractivity contribution in [2.75, 3.05) is 24.8 Å². The van der Waals surface area contributed by atoms with Crippen molar-refractivity contribution in [2.45, 2.75) is 31.3 Å². The summed E-state index contributed by atoms with van der Waals surface area (Å²) < 4.78 is 7.36. The van der Waals surface area contributed by atoms with Crippen LogP contribution in [0.1, 0.15) is 17.0 Å². The molecule has 3 N–H and O–H groups in total. The number of nitrogens with one attached hydrogen (secondary N) is 1. The molecule has 0 aliphatic rings. The van der Waals surface area contributed by atoms with Crippen molar-refractivity contribution in [1.82, 2.24) is 29.7 Å². The monoisotopic (exact) mass is 462 g/mol. The number of nitrogens with two attached hydrogens (primary N) is 1. The Balaban J connectivity index is 1.55. The van der Waals surface area contributed by atoms with Gasteiger partial charge in [0.25, 0.3) is 0 Å². The normalized spacial score (nSPS) is 11.0. The molecule has 9 nitrogen and oxygen atoms in total. The van der Waals surface area contributed by atoms with Crippen molar-refractivity contribution in [3.8, 4) is 11.4 Å². The molecule has 0 unspecified atom stereocenters. The van der Waals surface area contributed by atoms with Crippen molar-refractivity contribution in [3.05, 3.63) is 65.5 Å². The Morgan fingerprint density at radius 3 is 2.67 bits per heavy atom. The lowest BCUT2D eigenvalue weighted by Crippen LogP contribution is -2.09. The van der Waals surface area contributed by atoms with Crippen molar-refractivity contribution in [2.24, 2.45) is 0 Å². The maximum absolute atomic E-state index is 5.95. The standard InChI is InChI=1S/C23H26N8OS/c1-15-7-6-9-17(13-15)20-29-30-23(31(20)11-12-32-3)33-14-19-26-21(24)28-22(27-19)25-18-10-5-4-8-16(18)2/h4-10,13H,11-12,14H2,1-3H3,(H3,24,25,26,27,28). The number of aryl methyl sites for hydroxylation is 2. The first-order chi connectivity index (χ1) is 16.0. The number of anilines is 3. The minimum absolute atomic E-state index is 0.165. The van der Waals surface area contributed by atoms with Crippen LogP contribution in [0.25, 0.3) is 11.4 Å². The molecular weight excluding hydrogens is 436 g/mol. The summed E-state index contributed by atoms with van der Waals surface area (Å²) in [6.07, 6.45) is 0. The van der Waals surface area contributed by atoms with Crippen LogP contribution in [0.4, 0.5) is 17.6 Å². The van der Waals surface area contributed by atoms with Gasteiger partial charge in [-0.3, -0.25) is 4.57 Å². The molecule has 2 aromatic carbocycles. The van der Waals surface area contributed by atoms with E-state index in [0.29, 0.717) is 30.7 Å². The van der Waals surface area contributed by atoms with Crippen LogP contribution in [-0.4, -0.2) is 43.4 Å². The van der Waals surface area contributed by atoms with Gasteiger partial charge in [0.1, 0.15) is 5.82 Å². The summed E-state index contributed by atoms with van der Waals surface area (Å²) >= 11 is 1.49. The zero-order valence-corrected chi connectivity index (χ0v) is 19.6. The number of hydrogen-bond acceptors (Lipinski definition) is 9. The summed E-state index contributed by atoms with van der Waals surface area (Å²) in [7, 11) is 1.68. The van der Waals surface area contributed by atoms with E-state index in [1.165, 1.54) is 11.8 Å². The average molecular weight is 463 g/mol. The third-order valence-electron chi connectivity index (χ3n) is 4.93. The van der Waals surface area contributed by atoms with Gasteiger partial charge < -0.3 is 15.8 Å². The van der Waals surface area contributed by atoms with Gasteiger partial charge in [-0.15, -0.1) is 10.2 Å². The number of nitrogens with zero attached hydrogens (tertiary/aromatic N) is 6. The molecule has 4 aromatic rings. The molecule has 0 radical (unpaired) electrons. The fraction of sp³-hybridized carbons (Fsp3) is 0.261. The smallest absolute Gasteiger partial charge is 0.232 e. The van der Waals surface area contributed by atoms with Crippen LogP contribution in [0.2, 0.25) is 0 Å². The average Bonchev–Trinajstić information content (AvgIpc) is 3.20. The SMILES string of the molecule is COCCn1c(SCc2nc(N)nc(Nc3ccccc3C)n2)nnc1-c1cccc(C)c1. The molecule has 2 heterocycles. The van der Waals surface area contributed by atoms with E-state index in [4.69, 9.17) is 10.5 Å². The van der Waals surface area contributed by atoms with Crippen LogP contribution in [0, 0.1) is 13.8 Å². The van der Waals surface area contributed by atoms with Crippen molar-refractivity contribution in [3.63, 3.8) is 0 Å². The zero-order valence-electron chi connectivity index (χ0n) is 18.8. The molecule has 0 aliphatic carbocycles. The van der Waals surface area contributed by atoms with Crippen LogP contribution in [0.5, 0.6) is 0 Å². The summed E-state index contributed by atoms with van der Waals surface area (Å²) in [6, 6.07) is 16.1. The Morgan fingerprint density at radius 2 is 1.88 bits per heavy atom. The molecule has 0 saturated heterocycles. The van der Waals surface area contributed by atoms with Gasteiger partial charge in [-0.25, -0.2) is 0 Å². The third kappa shape index (κ3) is 5.65. The Kier molecular flexibility index (Phi) is 7.16. The van der Waals surface area contributed by atoms with Crippen LogP contribution >= 0.6 is 11.8 Å². The van der Waals surface area contributed by atoms with E-state index in [-0.39, 0.29) is 5.95 Å². The number of ether oxygens (including phenoxy) is 1. The second-order valence-corrected chi connectivity index (χ2v) is 8.42. The van der Waals surface area contributed by atoms with Gasteiger partial charge in [-0.2, -0.15) is 15.0 Å². The van der Waals surface area contributed by atoms with Gasteiger partial charge in [-0.05, 0) is 31.5 Å².